The van der Waals surface area contributed by atoms with E-state index in [1.807, 2.05) is 47.8 Å². The highest BCUT2D eigenvalue weighted by Crippen LogP contribution is 2.43. The van der Waals surface area contributed by atoms with Crippen LogP contribution in [0.3, 0.4) is 0 Å². The lowest BCUT2D eigenvalue weighted by molar-refractivity contribution is 0.102. The molecule has 26 heavy (non-hydrogen) atoms. The van der Waals surface area contributed by atoms with Gasteiger partial charge in [0.1, 0.15) is 0 Å². The third kappa shape index (κ3) is 3.81. The van der Waals surface area contributed by atoms with Gasteiger partial charge >= 0.3 is 0 Å². The van der Waals surface area contributed by atoms with Gasteiger partial charge in [-0.25, -0.2) is 0 Å². The minimum absolute atomic E-state index is 0.000243. The third-order valence-electron chi connectivity index (χ3n) is 4.74. The fourth-order valence-corrected chi connectivity index (χ4v) is 4.01. The number of anilines is 2. The van der Waals surface area contributed by atoms with Crippen LogP contribution in [0.25, 0.3) is 0 Å². The van der Waals surface area contributed by atoms with Crippen LogP contribution in [-0.4, -0.2) is 5.91 Å². The van der Waals surface area contributed by atoms with E-state index in [0.29, 0.717) is 5.92 Å². The van der Waals surface area contributed by atoms with Crippen LogP contribution in [0.15, 0.2) is 66.0 Å². The van der Waals surface area contributed by atoms with Crippen molar-refractivity contribution in [3.05, 3.63) is 82.0 Å². The molecular formula is C22H22N2OS. The molecule has 1 fully saturated rings. The standard InChI is InChI=1S/C22H22N2OS/c1-15(16-5-3-2-4-6-16)23-18-9-11-19(12-10-18)24-22(25)21-20(13-14-26-21)17-7-8-17/h2-6,9-15,17,23H,7-8H2,1H3,(H,24,25). The molecule has 1 heterocycles. The topological polar surface area (TPSA) is 41.1 Å². The minimum atomic E-state index is 0.000243. The molecule has 2 N–H and O–H groups in total. The molecule has 0 saturated heterocycles. The lowest BCUT2D eigenvalue weighted by Crippen LogP contribution is -2.12. The molecule has 4 heteroatoms. The lowest BCUT2D eigenvalue weighted by atomic mass is 10.1. The van der Waals surface area contributed by atoms with Crippen LogP contribution in [-0.2, 0) is 0 Å². The number of thiophene rings is 1. The predicted octanol–water partition coefficient (Wildman–Crippen LogP) is 6.05. The van der Waals surface area contributed by atoms with Gasteiger partial charge < -0.3 is 10.6 Å². The van der Waals surface area contributed by atoms with Gasteiger partial charge in [0.15, 0.2) is 0 Å². The maximum atomic E-state index is 12.6. The molecule has 2 aromatic carbocycles. The summed E-state index contributed by atoms with van der Waals surface area (Å²) >= 11 is 1.53. The second-order valence-electron chi connectivity index (χ2n) is 6.79. The Kier molecular flexibility index (Phi) is 4.76. The van der Waals surface area contributed by atoms with Crippen molar-refractivity contribution in [3.63, 3.8) is 0 Å². The molecule has 1 aliphatic carbocycles. The second kappa shape index (κ2) is 7.34. The Hall–Kier alpha value is -2.59. The smallest absolute Gasteiger partial charge is 0.266 e. The highest BCUT2D eigenvalue weighted by Gasteiger charge is 2.28. The van der Waals surface area contributed by atoms with Gasteiger partial charge in [-0.05, 0) is 72.5 Å². The van der Waals surface area contributed by atoms with Crippen molar-refractivity contribution >= 4 is 28.6 Å². The van der Waals surface area contributed by atoms with Crippen molar-refractivity contribution < 1.29 is 4.79 Å². The van der Waals surface area contributed by atoms with E-state index in [4.69, 9.17) is 0 Å². The number of carbonyl (C=O) groups excluding carboxylic acids is 1. The van der Waals surface area contributed by atoms with E-state index in [1.165, 1.54) is 35.3 Å². The van der Waals surface area contributed by atoms with Crippen molar-refractivity contribution in [2.24, 2.45) is 0 Å². The van der Waals surface area contributed by atoms with Gasteiger partial charge in [0.25, 0.3) is 5.91 Å². The van der Waals surface area contributed by atoms with Crippen molar-refractivity contribution in [1.29, 1.82) is 0 Å². The summed E-state index contributed by atoms with van der Waals surface area (Å²) in [6.45, 7) is 2.14. The molecule has 3 nitrogen and oxygen atoms in total. The summed E-state index contributed by atoms with van der Waals surface area (Å²) in [5, 5.41) is 8.53. The van der Waals surface area contributed by atoms with Crippen molar-refractivity contribution in [1.82, 2.24) is 0 Å². The van der Waals surface area contributed by atoms with E-state index in [-0.39, 0.29) is 11.9 Å². The monoisotopic (exact) mass is 362 g/mol. The lowest BCUT2D eigenvalue weighted by Gasteiger charge is -2.16. The summed E-state index contributed by atoms with van der Waals surface area (Å²) in [6, 6.07) is 20.6. The van der Waals surface area contributed by atoms with Crippen LogP contribution >= 0.6 is 11.3 Å². The van der Waals surface area contributed by atoms with Gasteiger partial charge in [-0.15, -0.1) is 11.3 Å². The van der Waals surface area contributed by atoms with Crippen molar-refractivity contribution in [2.75, 3.05) is 10.6 Å². The first-order valence-electron chi connectivity index (χ1n) is 9.01. The van der Waals surface area contributed by atoms with Crippen LogP contribution in [0.4, 0.5) is 11.4 Å². The Morgan fingerprint density at radius 2 is 1.69 bits per heavy atom. The molecule has 3 aromatic rings. The van der Waals surface area contributed by atoms with Gasteiger partial charge in [-0.3, -0.25) is 4.79 Å². The normalized spacial score (nSPS) is 14.7. The zero-order valence-electron chi connectivity index (χ0n) is 14.7. The zero-order chi connectivity index (χ0) is 17.9. The number of amides is 1. The summed E-state index contributed by atoms with van der Waals surface area (Å²) < 4.78 is 0. The van der Waals surface area contributed by atoms with E-state index in [0.717, 1.165) is 16.3 Å². The van der Waals surface area contributed by atoms with E-state index in [2.05, 4.69) is 35.8 Å². The second-order valence-corrected chi connectivity index (χ2v) is 7.70. The van der Waals surface area contributed by atoms with Gasteiger partial charge in [0.05, 0.1) is 4.88 Å². The molecule has 0 radical (unpaired) electrons. The molecule has 4 rings (SSSR count). The molecule has 1 aliphatic rings. The van der Waals surface area contributed by atoms with E-state index < -0.39 is 0 Å². The van der Waals surface area contributed by atoms with Gasteiger partial charge in [-0.1, -0.05) is 30.3 Å². The molecular weight excluding hydrogens is 340 g/mol. The summed E-state index contributed by atoms with van der Waals surface area (Å²) in [4.78, 5) is 13.4. The van der Waals surface area contributed by atoms with Crippen LogP contribution in [0.1, 0.15) is 52.5 Å². The molecule has 1 unspecified atom stereocenters. The molecule has 132 valence electrons. The third-order valence-corrected chi connectivity index (χ3v) is 5.67. The Morgan fingerprint density at radius 1 is 1.00 bits per heavy atom. The number of rotatable bonds is 6. The summed E-state index contributed by atoms with van der Waals surface area (Å²) in [6.07, 6.45) is 2.41. The van der Waals surface area contributed by atoms with Crippen LogP contribution in [0.2, 0.25) is 0 Å². The highest BCUT2D eigenvalue weighted by atomic mass is 32.1. The summed E-state index contributed by atoms with van der Waals surface area (Å²) in [7, 11) is 0. The molecule has 1 aromatic heterocycles. The first kappa shape index (κ1) is 16.9. The van der Waals surface area contributed by atoms with Gasteiger partial charge in [-0.2, -0.15) is 0 Å². The van der Waals surface area contributed by atoms with E-state index in [9.17, 15) is 4.79 Å². The van der Waals surface area contributed by atoms with Gasteiger partial charge in [0.2, 0.25) is 0 Å². The van der Waals surface area contributed by atoms with Crippen LogP contribution in [0, 0.1) is 0 Å². The van der Waals surface area contributed by atoms with Crippen molar-refractivity contribution in [3.8, 4) is 0 Å². The van der Waals surface area contributed by atoms with Crippen LogP contribution < -0.4 is 10.6 Å². The fourth-order valence-electron chi connectivity index (χ4n) is 3.13. The SMILES string of the molecule is CC(Nc1ccc(NC(=O)c2sccc2C2CC2)cc1)c1ccccc1. The quantitative estimate of drug-likeness (QED) is 0.560. The van der Waals surface area contributed by atoms with E-state index >= 15 is 0 Å². The summed E-state index contributed by atoms with van der Waals surface area (Å²) in [5.74, 6) is 0.591. The summed E-state index contributed by atoms with van der Waals surface area (Å²) in [5.41, 5.74) is 4.31. The van der Waals surface area contributed by atoms with Gasteiger partial charge in [0, 0.05) is 17.4 Å². The number of carbonyl (C=O) groups is 1. The van der Waals surface area contributed by atoms with E-state index in [1.54, 1.807) is 0 Å². The first-order valence-corrected chi connectivity index (χ1v) is 9.89. The Balaban J connectivity index is 1.40. The maximum absolute atomic E-state index is 12.6. The average molecular weight is 362 g/mol. The highest BCUT2D eigenvalue weighted by molar-refractivity contribution is 7.12. The molecule has 0 bridgehead atoms. The zero-order valence-corrected chi connectivity index (χ0v) is 15.6. The number of hydrogen-bond donors (Lipinski definition) is 2. The predicted molar refractivity (Wildman–Crippen MR) is 109 cm³/mol. The molecule has 0 aliphatic heterocycles. The number of nitrogens with one attached hydrogen (secondary N) is 2. The largest absolute Gasteiger partial charge is 0.379 e. The Morgan fingerprint density at radius 3 is 2.38 bits per heavy atom. The number of benzene rings is 2. The average Bonchev–Trinajstić information content (AvgIpc) is 3.40. The minimum Gasteiger partial charge on any atom is -0.379 e. The molecule has 1 atom stereocenters. The number of hydrogen-bond acceptors (Lipinski definition) is 3. The Bertz CT molecular complexity index is 882. The molecule has 0 spiro atoms. The molecule has 1 saturated carbocycles. The molecule has 1 amide bonds. The maximum Gasteiger partial charge on any atom is 0.266 e. The fraction of sp³-hybridized carbons (Fsp3) is 0.227. The Labute approximate surface area is 158 Å². The van der Waals surface area contributed by atoms with Crippen LogP contribution in [0.5, 0.6) is 0 Å². The first-order chi connectivity index (χ1) is 12.7. The van der Waals surface area contributed by atoms with Crippen molar-refractivity contribution in [2.45, 2.75) is 31.7 Å².